The van der Waals surface area contributed by atoms with Crippen molar-refractivity contribution in [2.24, 2.45) is 0 Å². The monoisotopic (exact) mass is 337 g/mol. The van der Waals surface area contributed by atoms with Gasteiger partial charge in [0.15, 0.2) is 0 Å². The molecule has 23 heavy (non-hydrogen) atoms. The van der Waals surface area contributed by atoms with Crippen molar-refractivity contribution in [3.8, 4) is 11.5 Å². The van der Waals surface area contributed by atoms with Crippen LogP contribution in [-0.4, -0.2) is 36.9 Å². The Morgan fingerprint density at radius 2 is 1.43 bits per heavy atom. The first-order valence-corrected chi connectivity index (χ1v) is 11.5. The Labute approximate surface area is 146 Å². The van der Waals surface area contributed by atoms with E-state index in [1.165, 1.54) is 0 Å². The van der Waals surface area contributed by atoms with Crippen LogP contribution < -0.4 is 0 Å². The average molecular weight is 338 g/mol. The number of hydrogen-bond donors (Lipinski definition) is 0. The third-order valence-corrected chi connectivity index (χ3v) is 11.8. The Bertz CT molecular complexity index is 440. The molecule has 1 aliphatic rings. The van der Waals surface area contributed by atoms with Crippen LogP contribution in [0.3, 0.4) is 0 Å². The fraction of sp³-hybridized carbons (Fsp3) is 0.900. The van der Waals surface area contributed by atoms with E-state index in [4.69, 9.17) is 4.74 Å². The highest BCUT2D eigenvalue weighted by Gasteiger charge is 2.47. The average Bonchev–Trinajstić information content (AvgIpc) is 2.63. The Morgan fingerprint density at radius 3 is 1.78 bits per heavy atom. The van der Waals surface area contributed by atoms with Crippen LogP contribution in [-0.2, 0) is 4.74 Å². The third kappa shape index (κ3) is 4.03. The van der Waals surface area contributed by atoms with E-state index < -0.39 is 8.07 Å². The van der Waals surface area contributed by atoms with E-state index in [1.54, 1.807) is 0 Å². The molecule has 1 rings (SSSR count). The number of ether oxygens (including phenoxy) is 1. The molecule has 3 heteroatoms. The topological polar surface area (TPSA) is 12.5 Å². The van der Waals surface area contributed by atoms with Crippen LogP contribution in [0.5, 0.6) is 0 Å². The lowest BCUT2D eigenvalue weighted by Gasteiger charge is -2.43. The first kappa shape index (κ1) is 20.7. The van der Waals surface area contributed by atoms with E-state index in [1.807, 2.05) is 0 Å². The summed E-state index contributed by atoms with van der Waals surface area (Å²) >= 11 is 0. The Balaban J connectivity index is 3.27. The highest BCUT2D eigenvalue weighted by atomic mass is 28.3. The van der Waals surface area contributed by atoms with Crippen LogP contribution in [0.1, 0.15) is 76.2 Å². The van der Waals surface area contributed by atoms with Gasteiger partial charge in [-0.2, -0.15) is 0 Å². The van der Waals surface area contributed by atoms with Crippen molar-refractivity contribution in [1.29, 1.82) is 0 Å². The van der Waals surface area contributed by atoms with Gasteiger partial charge >= 0.3 is 0 Å². The maximum absolute atomic E-state index is 6.08. The molecule has 0 aliphatic carbocycles. The summed E-state index contributed by atoms with van der Waals surface area (Å²) in [5.74, 6) is 3.69. The van der Waals surface area contributed by atoms with Crippen molar-refractivity contribution < 1.29 is 4.74 Å². The number of rotatable bonds is 3. The van der Waals surface area contributed by atoms with E-state index in [2.05, 4.69) is 92.5 Å². The van der Waals surface area contributed by atoms with Crippen LogP contribution in [0.2, 0.25) is 16.6 Å². The second-order valence-corrected chi connectivity index (χ2v) is 15.1. The second kappa shape index (κ2) is 6.90. The number of hydrogen-bond acceptors (Lipinski definition) is 2. The van der Waals surface area contributed by atoms with Crippen LogP contribution in [0.4, 0.5) is 0 Å². The predicted octanol–water partition coefficient (Wildman–Crippen LogP) is 5.44. The fourth-order valence-corrected chi connectivity index (χ4v) is 10.1. The van der Waals surface area contributed by atoms with Crippen molar-refractivity contribution in [2.45, 2.75) is 110 Å². The molecule has 1 fully saturated rings. The molecule has 0 saturated carbocycles. The minimum absolute atomic E-state index is 0.0526. The highest BCUT2D eigenvalue weighted by Crippen LogP contribution is 2.41. The molecule has 0 radical (unpaired) electrons. The summed E-state index contributed by atoms with van der Waals surface area (Å²) in [6.45, 7) is 26.1. The molecule has 1 aliphatic heterocycles. The van der Waals surface area contributed by atoms with Crippen molar-refractivity contribution in [1.82, 2.24) is 4.90 Å². The Morgan fingerprint density at radius 1 is 1.00 bits per heavy atom. The van der Waals surface area contributed by atoms with Gasteiger partial charge in [0.1, 0.15) is 13.8 Å². The zero-order valence-electron chi connectivity index (χ0n) is 17.4. The standard InChI is InChI=1S/C20H39NOSi/c1-15(2)23(16(3)4,17(5)6)13-12-18-14-22-20(10,11)21(18)19(7,8)9/h15-18H,14H2,1-11H3/t18-/m0/s1. The third-order valence-electron chi connectivity index (χ3n) is 5.53. The van der Waals surface area contributed by atoms with Crippen molar-refractivity contribution >= 4 is 8.07 Å². The van der Waals surface area contributed by atoms with E-state index in [-0.39, 0.29) is 17.3 Å². The van der Waals surface area contributed by atoms with Crippen molar-refractivity contribution in [2.75, 3.05) is 6.61 Å². The van der Waals surface area contributed by atoms with Gasteiger partial charge in [-0.05, 0) is 51.2 Å². The Hall–Kier alpha value is -0.303. The highest BCUT2D eigenvalue weighted by molar-refractivity contribution is 6.90. The lowest BCUT2D eigenvalue weighted by Crippen LogP contribution is -2.54. The summed E-state index contributed by atoms with van der Waals surface area (Å²) in [7, 11) is -1.67. The molecule has 1 saturated heterocycles. The summed E-state index contributed by atoms with van der Waals surface area (Å²) in [4.78, 5) is 2.45. The van der Waals surface area contributed by atoms with E-state index >= 15 is 0 Å². The first-order chi connectivity index (χ1) is 10.3. The molecular weight excluding hydrogens is 298 g/mol. The maximum Gasteiger partial charge on any atom is 0.146 e. The van der Waals surface area contributed by atoms with Crippen LogP contribution in [0.25, 0.3) is 0 Å². The van der Waals surface area contributed by atoms with Gasteiger partial charge in [0.05, 0.1) is 12.6 Å². The molecule has 0 spiro atoms. The summed E-state index contributed by atoms with van der Waals surface area (Å²) in [6, 6.07) is 0.202. The second-order valence-electron chi connectivity index (χ2n) is 9.48. The summed E-state index contributed by atoms with van der Waals surface area (Å²) in [6.07, 6.45) is 0. The molecular formula is C20H39NOSi. The quantitative estimate of drug-likeness (QED) is 0.502. The van der Waals surface area contributed by atoms with Gasteiger partial charge in [-0.1, -0.05) is 47.5 Å². The van der Waals surface area contributed by atoms with Gasteiger partial charge in [0.2, 0.25) is 0 Å². The van der Waals surface area contributed by atoms with Crippen LogP contribution >= 0.6 is 0 Å². The number of nitrogens with zero attached hydrogens (tertiary/aromatic N) is 1. The molecule has 0 N–H and O–H groups in total. The molecule has 0 unspecified atom stereocenters. The molecule has 2 nitrogen and oxygen atoms in total. The lowest BCUT2D eigenvalue weighted by molar-refractivity contribution is -0.0882. The van der Waals surface area contributed by atoms with Gasteiger partial charge in [-0.3, -0.25) is 4.90 Å². The van der Waals surface area contributed by atoms with Crippen LogP contribution in [0.15, 0.2) is 0 Å². The first-order valence-electron chi connectivity index (χ1n) is 9.23. The summed E-state index contributed by atoms with van der Waals surface area (Å²) < 4.78 is 6.08. The normalized spacial score (nSPS) is 22.8. The molecule has 0 aromatic carbocycles. The molecule has 0 amide bonds. The van der Waals surface area contributed by atoms with Gasteiger partial charge in [0.25, 0.3) is 0 Å². The van der Waals surface area contributed by atoms with Gasteiger partial charge in [-0.15, -0.1) is 5.54 Å². The molecule has 134 valence electrons. The predicted molar refractivity (Wildman–Crippen MR) is 104 cm³/mol. The lowest BCUT2D eigenvalue weighted by atomic mass is 10.0. The molecule has 1 atom stereocenters. The van der Waals surface area contributed by atoms with Crippen molar-refractivity contribution in [3.05, 3.63) is 0 Å². The minimum Gasteiger partial charge on any atom is -0.358 e. The largest absolute Gasteiger partial charge is 0.358 e. The molecule has 1 heterocycles. The SMILES string of the molecule is CC(C)[Si](C#C[C@H]1COC(C)(C)N1C(C)(C)C)(C(C)C)C(C)C. The molecule has 0 bridgehead atoms. The van der Waals surface area contributed by atoms with Crippen LogP contribution in [0, 0.1) is 11.5 Å². The smallest absolute Gasteiger partial charge is 0.146 e. The summed E-state index contributed by atoms with van der Waals surface area (Å²) in [5, 5.41) is 0. The summed E-state index contributed by atoms with van der Waals surface area (Å²) in [5.41, 5.74) is 5.72. The van der Waals surface area contributed by atoms with E-state index in [0.29, 0.717) is 16.6 Å². The fourth-order valence-electron chi connectivity index (χ4n) is 4.83. The maximum atomic E-state index is 6.08. The minimum atomic E-state index is -1.67. The zero-order valence-corrected chi connectivity index (χ0v) is 18.4. The van der Waals surface area contributed by atoms with Gasteiger partial charge in [-0.25, -0.2) is 0 Å². The molecule has 0 aromatic rings. The van der Waals surface area contributed by atoms with E-state index in [0.717, 1.165) is 6.61 Å². The van der Waals surface area contributed by atoms with Gasteiger partial charge < -0.3 is 4.74 Å². The Kier molecular flexibility index (Phi) is 6.22. The van der Waals surface area contributed by atoms with Gasteiger partial charge in [0, 0.05) is 5.54 Å². The zero-order chi connectivity index (χ0) is 18.2. The van der Waals surface area contributed by atoms with Crippen molar-refractivity contribution in [3.63, 3.8) is 0 Å². The molecule has 0 aromatic heterocycles. The van der Waals surface area contributed by atoms with E-state index in [9.17, 15) is 0 Å².